The summed E-state index contributed by atoms with van der Waals surface area (Å²) < 4.78 is 1.95. The molecule has 1 heterocycles. The van der Waals surface area contributed by atoms with E-state index < -0.39 is 0 Å². The molecule has 0 bridgehead atoms. The first-order valence-corrected chi connectivity index (χ1v) is 5.79. The highest BCUT2D eigenvalue weighted by molar-refractivity contribution is 7.24. The van der Waals surface area contributed by atoms with Crippen molar-refractivity contribution >= 4 is 37.2 Å². The number of hydrogen-bond acceptors (Lipinski definition) is 3. The maximum Gasteiger partial charge on any atom is 0.197 e. The van der Waals surface area contributed by atoms with Crippen LogP contribution in [0.25, 0.3) is 20.2 Å². The molecule has 0 amide bonds. The SMILES string of the molecule is Nc1cccc2sc3ccccc3c(=O)c12. The summed E-state index contributed by atoms with van der Waals surface area (Å²) >= 11 is 1.60. The van der Waals surface area contributed by atoms with Crippen LogP contribution in [0.15, 0.2) is 47.3 Å². The summed E-state index contributed by atoms with van der Waals surface area (Å²) in [5.74, 6) is 0. The van der Waals surface area contributed by atoms with Crippen LogP contribution >= 0.6 is 11.3 Å². The first kappa shape index (κ1) is 9.36. The second-order valence-electron chi connectivity index (χ2n) is 3.65. The fourth-order valence-corrected chi connectivity index (χ4v) is 2.99. The van der Waals surface area contributed by atoms with Gasteiger partial charge in [-0.1, -0.05) is 18.2 Å². The van der Waals surface area contributed by atoms with Crippen LogP contribution in [-0.2, 0) is 0 Å². The molecule has 0 radical (unpaired) electrons. The van der Waals surface area contributed by atoms with Crippen LogP contribution in [0, 0.1) is 0 Å². The molecule has 16 heavy (non-hydrogen) atoms. The van der Waals surface area contributed by atoms with Crippen molar-refractivity contribution in [2.24, 2.45) is 0 Å². The van der Waals surface area contributed by atoms with Crippen molar-refractivity contribution in [3.63, 3.8) is 0 Å². The zero-order valence-corrected chi connectivity index (χ0v) is 9.25. The van der Waals surface area contributed by atoms with Crippen molar-refractivity contribution in [1.29, 1.82) is 0 Å². The van der Waals surface area contributed by atoms with Crippen LogP contribution in [0.4, 0.5) is 5.69 Å². The second-order valence-corrected chi connectivity index (χ2v) is 4.73. The molecule has 0 saturated heterocycles. The van der Waals surface area contributed by atoms with Gasteiger partial charge in [0, 0.05) is 20.5 Å². The Morgan fingerprint density at radius 3 is 2.56 bits per heavy atom. The zero-order chi connectivity index (χ0) is 11.1. The van der Waals surface area contributed by atoms with Gasteiger partial charge in [0.05, 0.1) is 5.39 Å². The van der Waals surface area contributed by atoms with E-state index in [1.54, 1.807) is 17.4 Å². The van der Waals surface area contributed by atoms with Crippen molar-refractivity contribution in [2.45, 2.75) is 0 Å². The van der Waals surface area contributed by atoms with Gasteiger partial charge in [-0.25, -0.2) is 0 Å². The molecule has 0 aliphatic carbocycles. The van der Waals surface area contributed by atoms with E-state index in [0.29, 0.717) is 11.1 Å². The molecular formula is C13H9NOS. The van der Waals surface area contributed by atoms with Crippen molar-refractivity contribution in [1.82, 2.24) is 0 Å². The average Bonchev–Trinajstić information content (AvgIpc) is 2.29. The maximum atomic E-state index is 12.2. The summed E-state index contributed by atoms with van der Waals surface area (Å²) in [6.07, 6.45) is 0. The van der Waals surface area contributed by atoms with Gasteiger partial charge in [-0.2, -0.15) is 0 Å². The number of nitrogens with two attached hydrogens (primary N) is 1. The Balaban J connectivity index is 2.67. The van der Waals surface area contributed by atoms with Crippen LogP contribution in [0.5, 0.6) is 0 Å². The molecule has 2 aromatic carbocycles. The molecule has 0 atom stereocenters. The van der Waals surface area contributed by atoms with Gasteiger partial charge in [0.25, 0.3) is 0 Å². The Morgan fingerprint density at radius 2 is 1.69 bits per heavy atom. The molecule has 2 N–H and O–H groups in total. The summed E-state index contributed by atoms with van der Waals surface area (Å²) in [5, 5.41) is 1.39. The fourth-order valence-electron chi connectivity index (χ4n) is 1.87. The lowest BCUT2D eigenvalue weighted by molar-refractivity contribution is 1.73. The highest BCUT2D eigenvalue weighted by Crippen LogP contribution is 2.27. The first-order chi connectivity index (χ1) is 7.77. The van der Waals surface area contributed by atoms with E-state index in [9.17, 15) is 4.79 Å². The van der Waals surface area contributed by atoms with Crippen LogP contribution in [-0.4, -0.2) is 0 Å². The number of fused-ring (bicyclic) bond motifs is 2. The third kappa shape index (κ3) is 1.22. The van der Waals surface area contributed by atoms with Crippen LogP contribution < -0.4 is 11.2 Å². The number of hydrogen-bond donors (Lipinski definition) is 1. The molecular weight excluding hydrogens is 218 g/mol. The summed E-state index contributed by atoms with van der Waals surface area (Å²) in [4.78, 5) is 12.2. The van der Waals surface area contributed by atoms with E-state index in [1.165, 1.54) is 0 Å². The third-order valence-corrected chi connectivity index (χ3v) is 3.77. The topological polar surface area (TPSA) is 43.1 Å². The largest absolute Gasteiger partial charge is 0.398 e. The lowest BCUT2D eigenvalue weighted by Crippen LogP contribution is -2.03. The molecule has 0 aliphatic heterocycles. The van der Waals surface area contributed by atoms with Crippen LogP contribution in [0.2, 0.25) is 0 Å². The van der Waals surface area contributed by atoms with E-state index in [0.717, 1.165) is 14.8 Å². The predicted octanol–water partition coefficient (Wildman–Crippen LogP) is 3.00. The normalized spacial score (nSPS) is 11.0. The molecule has 2 nitrogen and oxygen atoms in total. The minimum Gasteiger partial charge on any atom is -0.398 e. The molecule has 0 spiro atoms. The maximum absolute atomic E-state index is 12.2. The van der Waals surface area contributed by atoms with Crippen molar-refractivity contribution < 1.29 is 0 Å². The van der Waals surface area contributed by atoms with Crippen molar-refractivity contribution in [3.05, 3.63) is 52.7 Å². The second kappa shape index (κ2) is 3.32. The van der Waals surface area contributed by atoms with Crippen molar-refractivity contribution in [3.8, 4) is 0 Å². The Bertz CT molecular complexity index is 746. The summed E-state index contributed by atoms with van der Waals surface area (Å²) in [6, 6.07) is 13.2. The van der Waals surface area contributed by atoms with Gasteiger partial charge in [-0.05, 0) is 24.3 Å². The first-order valence-electron chi connectivity index (χ1n) is 4.97. The molecule has 78 valence electrons. The standard InChI is InChI=1S/C13H9NOS/c14-9-5-3-7-11-12(9)13(15)8-4-1-2-6-10(8)16-11/h1-7H,14H2. The van der Waals surface area contributed by atoms with Gasteiger partial charge < -0.3 is 5.73 Å². The van der Waals surface area contributed by atoms with Gasteiger partial charge in [0.1, 0.15) is 0 Å². The number of benzene rings is 2. The smallest absolute Gasteiger partial charge is 0.197 e. The Morgan fingerprint density at radius 1 is 0.938 bits per heavy atom. The highest BCUT2D eigenvalue weighted by Gasteiger charge is 2.07. The predicted molar refractivity (Wildman–Crippen MR) is 70.0 cm³/mol. The minimum atomic E-state index is 0.0300. The molecule has 3 heteroatoms. The molecule has 3 rings (SSSR count). The molecule has 3 aromatic rings. The lowest BCUT2D eigenvalue weighted by atomic mass is 10.1. The van der Waals surface area contributed by atoms with E-state index in [-0.39, 0.29) is 5.43 Å². The van der Waals surface area contributed by atoms with Crippen molar-refractivity contribution in [2.75, 3.05) is 5.73 Å². The fraction of sp³-hybridized carbons (Fsp3) is 0. The number of nitrogen functional groups attached to an aromatic ring is 1. The molecule has 1 aromatic heterocycles. The number of rotatable bonds is 0. The number of anilines is 1. The lowest BCUT2D eigenvalue weighted by Gasteiger charge is -2.02. The van der Waals surface area contributed by atoms with Gasteiger partial charge in [-0.3, -0.25) is 4.79 Å². The monoisotopic (exact) mass is 227 g/mol. The average molecular weight is 227 g/mol. The van der Waals surface area contributed by atoms with Gasteiger partial charge in [-0.15, -0.1) is 11.3 Å². The van der Waals surface area contributed by atoms with Gasteiger partial charge >= 0.3 is 0 Å². The summed E-state index contributed by atoms with van der Waals surface area (Å²) in [7, 11) is 0. The van der Waals surface area contributed by atoms with Crippen LogP contribution in [0.1, 0.15) is 0 Å². The zero-order valence-electron chi connectivity index (χ0n) is 8.44. The summed E-state index contributed by atoms with van der Waals surface area (Å²) in [6.45, 7) is 0. The van der Waals surface area contributed by atoms with E-state index in [4.69, 9.17) is 5.73 Å². The molecule has 0 unspecified atom stereocenters. The quantitative estimate of drug-likeness (QED) is 0.474. The van der Waals surface area contributed by atoms with E-state index in [1.807, 2.05) is 36.4 Å². The van der Waals surface area contributed by atoms with Gasteiger partial charge in [0.2, 0.25) is 0 Å². The Labute approximate surface area is 95.9 Å². The highest BCUT2D eigenvalue weighted by atomic mass is 32.1. The molecule has 0 fully saturated rings. The summed E-state index contributed by atoms with van der Waals surface area (Å²) in [5.41, 5.74) is 6.44. The van der Waals surface area contributed by atoms with Crippen LogP contribution in [0.3, 0.4) is 0 Å². The molecule has 0 aliphatic rings. The van der Waals surface area contributed by atoms with Gasteiger partial charge in [0.15, 0.2) is 5.43 Å². The third-order valence-electron chi connectivity index (χ3n) is 2.64. The minimum absolute atomic E-state index is 0.0300. The Hall–Kier alpha value is -1.87. The Kier molecular flexibility index (Phi) is 1.94. The molecule has 0 saturated carbocycles. The van der Waals surface area contributed by atoms with E-state index in [2.05, 4.69) is 0 Å². The van der Waals surface area contributed by atoms with E-state index >= 15 is 0 Å².